The molecule has 1 fully saturated rings. The summed E-state index contributed by atoms with van der Waals surface area (Å²) in [6.07, 6.45) is 2.32. The minimum atomic E-state index is -0.268. The summed E-state index contributed by atoms with van der Waals surface area (Å²) in [7, 11) is 0. The van der Waals surface area contributed by atoms with E-state index >= 15 is 0 Å². The Balaban J connectivity index is 1.91. The number of para-hydroxylation sites is 1. The second-order valence-corrected chi connectivity index (χ2v) is 5.79. The molecule has 4 heteroatoms. The molecule has 0 amide bonds. The fourth-order valence-electron chi connectivity index (χ4n) is 2.61. The fourth-order valence-corrected chi connectivity index (χ4v) is 2.96. The number of nitrogens with zero attached hydrogens (tertiary/aromatic N) is 1. The van der Waals surface area contributed by atoms with Crippen molar-refractivity contribution in [1.82, 2.24) is 3.93 Å². The number of rotatable bonds is 0. The first-order chi connectivity index (χ1) is 8.19. The van der Waals surface area contributed by atoms with Gasteiger partial charge < -0.3 is 4.74 Å². The minimum absolute atomic E-state index is 0.217. The summed E-state index contributed by atoms with van der Waals surface area (Å²) in [6.45, 7) is 1.85. The maximum absolute atomic E-state index is 12.1. The molecular weight excluding hydrogens is 282 g/mol. The molecule has 0 unspecified atom stereocenters. The van der Waals surface area contributed by atoms with Crippen LogP contribution in [0.1, 0.15) is 29.6 Å². The van der Waals surface area contributed by atoms with Crippen LogP contribution in [0, 0.1) is 0 Å². The zero-order valence-corrected chi connectivity index (χ0v) is 11.1. The van der Waals surface area contributed by atoms with Gasteiger partial charge >= 0.3 is 0 Å². The molecule has 1 saturated heterocycles. The van der Waals surface area contributed by atoms with Crippen molar-refractivity contribution in [2.75, 3.05) is 13.1 Å². The van der Waals surface area contributed by atoms with Gasteiger partial charge in [0.05, 0.1) is 12.0 Å². The molecule has 90 valence electrons. The van der Waals surface area contributed by atoms with Gasteiger partial charge in [0.2, 0.25) is 0 Å². The Labute approximate surface area is 109 Å². The van der Waals surface area contributed by atoms with E-state index in [4.69, 9.17) is 4.74 Å². The summed E-state index contributed by atoms with van der Waals surface area (Å²) < 4.78 is 8.21. The van der Waals surface area contributed by atoms with Crippen molar-refractivity contribution in [2.45, 2.75) is 24.9 Å². The van der Waals surface area contributed by atoms with Gasteiger partial charge in [-0.1, -0.05) is 12.1 Å². The number of benzene rings is 1. The van der Waals surface area contributed by atoms with Crippen molar-refractivity contribution in [3.8, 4) is 5.75 Å². The predicted octanol–water partition coefficient (Wildman–Crippen LogP) is 2.80. The maximum Gasteiger partial charge on any atom is 0.170 e. The van der Waals surface area contributed by atoms with Crippen LogP contribution in [0.4, 0.5) is 0 Å². The van der Waals surface area contributed by atoms with Gasteiger partial charge in [-0.15, -0.1) is 0 Å². The van der Waals surface area contributed by atoms with Crippen LogP contribution in [0.2, 0.25) is 0 Å². The summed E-state index contributed by atoms with van der Waals surface area (Å²) in [5.74, 6) is 0.974. The third kappa shape index (κ3) is 2.00. The Morgan fingerprint density at radius 3 is 2.71 bits per heavy atom. The molecule has 1 aromatic carbocycles. The summed E-state index contributed by atoms with van der Waals surface area (Å²) >= 11 is 3.48. The Hall–Kier alpha value is -0.870. The van der Waals surface area contributed by atoms with Crippen LogP contribution in [0.3, 0.4) is 0 Å². The van der Waals surface area contributed by atoms with Crippen molar-refractivity contribution < 1.29 is 9.53 Å². The first kappa shape index (κ1) is 11.2. The molecule has 0 aromatic heterocycles. The van der Waals surface area contributed by atoms with Gasteiger partial charge in [-0.05, 0) is 12.1 Å². The maximum atomic E-state index is 12.1. The van der Waals surface area contributed by atoms with Gasteiger partial charge in [0, 0.05) is 42.1 Å². The quantitative estimate of drug-likeness (QED) is 0.689. The zero-order chi connectivity index (χ0) is 11.9. The number of carbonyl (C=O) groups is 1. The average Bonchev–Trinajstić information content (AvgIpc) is 2.34. The Morgan fingerprint density at radius 1 is 1.24 bits per heavy atom. The lowest BCUT2D eigenvalue weighted by atomic mass is 9.83. The third-order valence-electron chi connectivity index (χ3n) is 3.62. The highest BCUT2D eigenvalue weighted by atomic mass is 79.9. The van der Waals surface area contributed by atoms with E-state index in [1.54, 1.807) is 0 Å². The zero-order valence-electron chi connectivity index (χ0n) is 9.49. The molecule has 3 nitrogen and oxygen atoms in total. The standard InChI is InChI=1S/C13H14BrNO2/c14-15-7-5-13(6-8-15)9-11(16)10-3-1-2-4-12(10)17-13/h1-4H,5-9H2. The molecule has 1 spiro atoms. The first-order valence-electron chi connectivity index (χ1n) is 5.91. The molecular formula is C13H14BrNO2. The van der Waals surface area contributed by atoms with Gasteiger partial charge in [0.1, 0.15) is 11.4 Å². The molecule has 0 radical (unpaired) electrons. The lowest BCUT2D eigenvalue weighted by Gasteiger charge is -2.42. The van der Waals surface area contributed by atoms with E-state index in [0.29, 0.717) is 6.42 Å². The summed E-state index contributed by atoms with van der Waals surface area (Å²) in [5.41, 5.74) is 0.467. The van der Waals surface area contributed by atoms with E-state index in [1.807, 2.05) is 24.3 Å². The van der Waals surface area contributed by atoms with Gasteiger partial charge in [0.25, 0.3) is 0 Å². The second-order valence-electron chi connectivity index (χ2n) is 4.79. The second kappa shape index (κ2) is 4.10. The van der Waals surface area contributed by atoms with Crippen LogP contribution in [-0.4, -0.2) is 28.4 Å². The molecule has 17 heavy (non-hydrogen) atoms. The minimum Gasteiger partial charge on any atom is -0.486 e. The van der Waals surface area contributed by atoms with Crippen molar-refractivity contribution in [2.24, 2.45) is 0 Å². The van der Waals surface area contributed by atoms with Crippen LogP contribution in [0.15, 0.2) is 24.3 Å². The number of hydrogen-bond donors (Lipinski definition) is 0. The van der Waals surface area contributed by atoms with Gasteiger partial charge in [-0.3, -0.25) is 4.79 Å². The first-order valence-corrected chi connectivity index (χ1v) is 6.61. The number of hydrogen-bond acceptors (Lipinski definition) is 3. The molecule has 2 aliphatic heterocycles. The van der Waals surface area contributed by atoms with Gasteiger partial charge in [-0.2, -0.15) is 0 Å². The number of halogens is 1. The lowest BCUT2D eigenvalue weighted by Crippen LogP contribution is -2.48. The molecule has 0 aliphatic carbocycles. The highest BCUT2D eigenvalue weighted by molar-refractivity contribution is 9.07. The van der Waals surface area contributed by atoms with Crippen LogP contribution in [0.5, 0.6) is 5.75 Å². The third-order valence-corrected chi connectivity index (χ3v) is 4.33. The summed E-state index contributed by atoms with van der Waals surface area (Å²) in [6, 6.07) is 7.56. The lowest BCUT2D eigenvalue weighted by molar-refractivity contribution is 0.00827. The Kier molecular flexibility index (Phi) is 2.71. The molecule has 3 rings (SSSR count). The molecule has 2 heterocycles. The largest absolute Gasteiger partial charge is 0.486 e. The molecule has 0 saturated carbocycles. The normalized spacial score (nSPS) is 23.2. The number of Topliss-reactive ketones (excluding diaryl/α,β-unsaturated/α-hetero) is 1. The summed E-state index contributed by atoms with van der Waals surface area (Å²) in [4.78, 5) is 12.1. The van der Waals surface area contributed by atoms with E-state index in [9.17, 15) is 4.79 Å². The van der Waals surface area contributed by atoms with Crippen LogP contribution in [0.25, 0.3) is 0 Å². The number of fused-ring (bicyclic) bond motifs is 1. The van der Waals surface area contributed by atoms with Crippen molar-refractivity contribution in [3.05, 3.63) is 29.8 Å². The summed E-state index contributed by atoms with van der Waals surface area (Å²) in [5, 5.41) is 0. The van der Waals surface area contributed by atoms with Crippen LogP contribution in [-0.2, 0) is 0 Å². The predicted molar refractivity (Wildman–Crippen MR) is 68.5 cm³/mol. The number of piperidine rings is 1. The van der Waals surface area contributed by atoms with Crippen molar-refractivity contribution >= 4 is 21.9 Å². The van der Waals surface area contributed by atoms with Gasteiger partial charge in [0.15, 0.2) is 5.78 Å². The monoisotopic (exact) mass is 295 g/mol. The smallest absolute Gasteiger partial charge is 0.170 e. The highest BCUT2D eigenvalue weighted by Crippen LogP contribution is 2.39. The average molecular weight is 296 g/mol. The number of ether oxygens (including phenoxy) is 1. The fraction of sp³-hybridized carbons (Fsp3) is 0.462. The van der Waals surface area contributed by atoms with E-state index < -0.39 is 0 Å². The van der Waals surface area contributed by atoms with E-state index in [0.717, 1.165) is 37.2 Å². The van der Waals surface area contributed by atoms with Crippen LogP contribution < -0.4 is 4.74 Å². The molecule has 1 aromatic rings. The Morgan fingerprint density at radius 2 is 1.94 bits per heavy atom. The van der Waals surface area contributed by atoms with E-state index in [-0.39, 0.29) is 11.4 Å². The molecule has 2 aliphatic rings. The topological polar surface area (TPSA) is 29.5 Å². The van der Waals surface area contributed by atoms with E-state index in [2.05, 4.69) is 20.1 Å². The van der Waals surface area contributed by atoms with Crippen molar-refractivity contribution in [3.63, 3.8) is 0 Å². The molecule has 0 N–H and O–H groups in total. The van der Waals surface area contributed by atoms with Crippen LogP contribution >= 0.6 is 16.1 Å². The van der Waals surface area contributed by atoms with Crippen molar-refractivity contribution in [1.29, 1.82) is 0 Å². The molecule has 0 bridgehead atoms. The highest BCUT2D eigenvalue weighted by Gasteiger charge is 2.42. The van der Waals surface area contributed by atoms with Gasteiger partial charge in [-0.25, -0.2) is 3.93 Å². The number of carbonyl (C=O) groups excluding carboxylic acids is 1. The number of ketones is 1. The Bertz CT molecular complexity index is 452. The molecule has 0 atom stereocenters. The van der Waals surface area contributed by atoms with E-state index in [1.165, 1.54) is 0 Å². The SMILES string of the molecule is O=C1CC2(CCN(Br)CC2)Oc2ccccc21.